The van der Waals surface area contributed by atoms with Crippen molar-refractivity contribution in [2.45, 2.75) is 31.6 Å². The van der Waals surface area contributed by atoms with Gasteiger partial charge in [-0.2, -0.15) is 4.39 Å². The SMILES string of the molecule is CCC(CC)COc1ccc(S(=O)(=O)Cl)c(F)c1F. The zero-order valence-corrected chi connectivity index (χ0v) is 12.2. The minimum Gasteiger partial charge on any atom is -0.490 e. The third-order valence-electron chi connectivity index (χ3n) is 2.90. The van der Waals surface area contributed by atoms with Crippen molar-refractivity contribution in [2.24, 2.45) is 5.92 Å². The highest BCUT2D eigenvalue weighted by Crippen LogP contribution is 2.28. The van der Waals surface area contributed by atoms with Crippen molar-refractivity contribution in [1.82, 2.24) is 0 Å². The molecule has 0 aliphatic carbocycles. The van der Waals surface area contributed by atoms with E-state index >= 15 is 0 Å². The zero-order valence-electron chi connectivity index (χ0n) is 10.6. The molecule has 108 valence electrons. The monoisotopic (exact) mass is 312 g/mol. The van der Waals surface area contributed by atoms with Gasteiger partial charge in [0.15, 0.2) is 11.6 Å². The van der Waals surface area contributed by atoms with E-state index in [1.165, 1.54) is 0 Å². The first kappa shape index (κ1) is 16.2. The van der Waals surface area contributed by atoms with Crippen molar-refractivity contribution < 1.29 is 21.9 Å². The minimum atomic E-state index is -4.31. The van der Waals surface area contributed by atoms with Crippen LogP contribution in [0.15, 0.2) is 17.0 Å². The molecule has 0 saturated heterocycles. The molecule has 0 atom stereocenters. The molecule has 19 heavy (non-hydrogen) atoms. The number of ether oxygens (including phenoxy) is 1. The smallest absolute Gasteiger partial charge is 0.264 e. The molecule has 0 heterocycles. The van der Waals surface area contributed by atoms with Crippen LogP contribution in [0.25, 0.3) is 0 Å². The average Bonchev–Trinajstić information content (AvgIpc) is 2.34. The second-order valence-corrected chi connectivity index (χ2v) is 6.66. The molecule has 1 aromatic rings. The maximum atomic E-state index is 13.6. The predicted molar refractivity (Wildman–Crippen MR) is 69.0 cm³/mol. The molecule has 0 amide bonds. The first-order valence-corrected chi connectivity index (χ1v) is 8.17. The molecule has 0 fully saturated rings. The molecule has 0 N–H and O–H groups in total. The van der Waals surface area contributed by atoms with Crippen LogP contribution in [0.1, 0.15) is 26.7 Å². The third kappa shape index (κ3) is 4.04. The summed E-state index contributed by atoms with van der Waals surface area (Å²) in [7, 11) is 0.674. The molecular weight excluding hydrogens is 298 g/mol. The van der Waals surface area contributed by atoms with E-state index in [-0.39, 0.29) is 18.3 Å². The second-order valence-electron chi connectivity index (χ2n) is 4.12. The summed E-state index contributed by atoms with van der Waals surface area (Å²) in [6, 6.07) is 1.96. The summed E-state index contributed by atoms with van der Waals surface area (Å²) >= 11 is 0. The summed E-state index contributed by atoms with van der Waals surface area (Å²) in [5.41, 5.74) is 0. The summed E-state index contributed by atoms with van der Waals surface area (Å²) in [6.45, 7) is 4.19. The van der Waals surface area contributed by atoms with E-state index in [0.717, 1.165) is 25.0 Å². The number of hydrogen-bond donors (Lipinski definition) is 0. The van der Waals surface area contributed by atoms with Gasteiger partial charge in [-0.05, 0) is 18.1 Å². The van der Waals surface area contributed by atoms with Crippen LogP contribution in [0, 0.1) is 17.6 Å². The summed E-state index contributed by atoms with van der Waals surface area (Å²) < 4.78 is 54.3. The van der Waals surface area contributed by atoms with Gasteiger partial charge in [-0.15, -0.1) is 0 Å². The standard InChI is InChI=1S/C12H15ClF2O3S/c1-3-8(4-2)7-18-9-5-6-10(19(13,16)17)12(15)11(9)14/h5-6,8H,3-4,7H2,1-2H3. The first-order chi connectivity index (χ1) is 8.81. The largest absolute Gasteiger partial charge is 0.490 e. The average molecular weight is 313 g/mol. The van der Waals surface area contributed by atoms with Crippen LogP contribution in [-0.4, -0.2) is 15.0 Å². The summed E-state index contributed by atoms with van der Waals surface area (Å²) in [4.78, 5) is -0.887. The summed E-state index contributed by atoms with van der Waals surface area (Å²) in [5, 5.41) is 0. The molecule has 1 aromatic carbocycles. The fourth-order valence-corrected chi connectivity index (χ4v) is 2.44. The Morgan fingerprint density at radius 1 is 1.21 bits per heavy atom. The maximum absolute atomic E-state index is 13.6. The van der Waals surface area contributed by atoms with Crippen molar-refractivity contribution in [3.05, 3.63) is 23.8 Å². The van der Waals surface area contributed by atoms with E-state index < -0.39 is 25.6 Å². The summed E-state index contributed by atoms with van der Waals surface area (Å²) in [5.74, 6) is -2.93. The van der Waals surface area contributed by atoms with Gasteiger partial charge in [0.1, 0.15) is 4.90 Å². The van der Waals surface area contributed by atoms with Crippen LogP contribution in [0.4, 0.5) is 8.78 Å². The van der Waals surface area contributed by atoms with Crippen molar-refractivity contribution >= 4 is 19.7 Å². The highest BCUT2D eigenvalue weighted by Gasteiger charge is 2.22. The van der Waals surface area contributed by atoms with Crippen LogP contribution in [-0.2, 0) is 9.05 Å². The van der Waals surface area contributed by atoms with Crippen LogP contribution in [0.2, 0.25) is 0 Å². The topological polar surface area (TPSA) is 43.4 Å². The van der Waals surface area contributed by atoms with Gasteiger partial charge >= 0.3 is 0 Å². The molecular formula is C12H15ClF2O3S. The normalized spacial score (nSPS) is 11.9. The summed E-state index contributed by atoms with van der Waals surface area (Å²) in [6.07, 6.45) is 1.71. The number of benzene rings is 1. The molecule has 0 spiro atoms. The van der Waals surface area contributed by atoms with Crippen molar-refractivity contribution in [1.29, 1.82) is 0 Å². The van der Waals surface area contributed by atoms with Crippen LogP contribution in [0.5, 0.6) is 5.75 Å². The molecule has 7 heteroatoms. The minimum absolute atomic E-state index is 0.235. The Hall–Kier alpha value is -0.880. The maximum Gasteiger partial charge on any atom is 0.264 e. The van der Waals surface area contributed by atoms with E-state index in [1.54, 1.807) is 0 Å². The van der Waals surface area contributed by atoms with Crippen molar-refractivity contribution in [2.75, 3.05) is 6.61 Å². The lowest BCUT2D eigenvalue weighted by Gasteiger charge is -2.14. The van der Waals surface area contributed by atoms with Gasteiger partial charge in [0, 0.05) is 10.7 Å². The Kier molecular flexibility index (Phi) is 5.55. The Morgan fingerprint density at radius 3 is 2.26 bits per heavy atom. The van der Waals surface area contributed by atoms with Crippen LogP contribution >= 0.6 is 10.7 Å². The Bertz CT molecular complexity index is 542. The first-order valence-electron chi connectivity index (χ1n) is 5.86. The molecule has 0 radical (unpaired) electrons. The van der Waals surface area contributed by atoms with Gasteiger partial charge in [0.05, 0.1) is 6.61 Å². The van der Waals surface area contributed by atoms with E-state index in [2.05, 4.69) is 0 Å². The molecule has 0 unspecified atom stereocenters. The predicted octanol–water partition coefficient (Wildman–Crippen LogP) is 3.71. The van der Waals surface area contributed by atoms with E-state index in [1.807, 2.05) is 13.8 Å². The van der Waals surface area contributed by atoms with Gasteiger partial charge in [0.2, 0.25) is 5.82 Å². The number of halogens is 3. The highest BCUT2D eigenvalue weighted by atomic mass is 35.7. The van der Waals surface area contributed by atoms with Gasteiger partial charge in [0.25, 0.3) is 9.05 Å². The Balaban J connectivity index is 2.98. The molecule has 0 bridgehead atoms. The molecule has 0 aromatic heterocycles. The second kappa shape index (κ2) is 6.52. The fourth-order valence-electron chi connectivity index (χ4n) is 1.55. The number of rotatable bonds is 6. The van der Waals surface area contributed by atoms with Gasteiger partial charge in [-0.1, -0.05) is 26.7 Å². The Morgan fingerprint density at radius 2 is 1.79 bits per heavy atom. The van der Waals surface area contributed by atoms with Crippen LogP contribution in [0.3, 0.4) is 0 Å². The van der Waals surface area contributed by atoms with Crippen LogP contribution < -0.4 is 4.74 Å². The van der Waals surface area contributed by atoms with Gasteiger partial charge < -0.3 is 4.74 Å². The lowest BCUT2D eigenvalue weighted by atomic mass is 10.1. The number of hydrogen-bond acceptors (Lipinski definition) is 3. The van der Waals surface area contributed by atoms with Crippen molar-refractivity contribution in [3.63, 3.8) is 0 Å². The Labute approximate surface area is 115 Å². The highest BCUT2D eigenvalue weighted by molar-refractivity contribution is 8.13. The fraction of sp³-hybridized carbons (Fsp3) is 0.500. The van der Waals surface area contributed by atoms with Crippen molar-refractivity contribution in [3.8, 4) is 5.75 Å². The molecule has 3 nitrogen and oxygen atoms in total. The zero-order chi connectivity index (χ0) is 14.6. The molecule has 0 saturated carbocycles. The quantitative estimate of drug-likeness (QED) is 0.752. The lowest BCUT2D eigenvalue weighted by molar-refractivity contribution is 0.228. The van der Waals surface area contributed by atoms with Gasteiger partial charge in [-0.3, -0.25) is 0 Å². The third-order valence-corrected chi connectivity index (χ3v) is 4.24. The molecule has 0 aliphatic heterocycles. The van der Waals surface area contributed by atoms with E-state index in [0.29, 0.717) is 0 Å². The molecule has 1 rings (SSSR count). The lowest BCUT2D eigenvalue weighted by Crippen LogP contribution is -2.11. The van der Waals surface area contributed by atoms with E-state index in [4.69, 9.17) is 15.4 Å². The van der Waals surface area contributed by atoms with Gasteiger partial charge in [-0.25, -0.2) is 12.8 Å². The molecule has 0 aliphatic rings. The van der Waals surface area contributed by atoms with E-state index in [9.17, 15) is 17.2 Å².